The van der Waals surface area contributed by atoms with Crippen LogP contribution < -0.4 is 9.64 Å². The number of anilines is 1. The summed E-state index contributed by atoms with van der Waals surface area (Å²) >= 11 is 0. The third-order valence-electron chi connectivity index (χ3n) is 5.57. The van der Waals surface area contributed by atoms with E-state index in [9.17, 15) is 14.9 Å². The van der Waals surface area contributed by atoms with Crippen molar-refractivity contribution in [1.82, 2.24) is 4.90 Å². The molecule has 2 heterocycles. The van der Waals surface area contributed by atoms with Crippen molar-refractivity contribution in [1.29, 1.82) is 0 Å². The number of nitrogens with zero attached hydrogens (tertiary/aromatic N) is 3. The molecule has 2 fully saturated rings. The fraction of sp³-hybridized carbons (Fsp3) is 0.435. The molecule has 2 atom stereocenters. The smallest absolute Gasteiger partial charge is 0.410 e. The normalized spacial score (nSPS) is 20.1. The zero-order valence-corrected chi connectivity index (χ0v) is 18.0. The first kappa shape index (κ1) is 21.0. The summed E-state index contributed by atoms with van der Waals surface area (Å²) in [5.41, 5.74) is 1.26. The molecule has 2 aliphatic heterocycles. The van der Waals surface area contributed by atoms with E-state index in [0.717, 1.165) is 17.7 Å². The Kier molecular flexibility index (Phi) is 5.47. The average molecular weight is 425 g/mol. The van der Waals surface area contributed by atoms with Crippen molar-refractivity contribution in [3.05, 3.63) is 64.2 Å². The molecule has 2 aromatic carbocycles. The number of nitro benzene ring substituents is 1. The van der Waals surface area contributed by atoms with Gasteiger partial charge in [-0.05, 0) is 38.8 Å². The molecule has 0 aliphatic carbocycles. The van der Waals surface area contributed by atoms with Crippen molar-refractivity contribution in [2.75, 3.05) is 18.0 Å². The highest BCUT2D eigenvalue weighted by Gasteiger charge is 2.47. The van der Waals surface area contributed by atoms with Crippen LogP contribution in [0.5, 0.6) is 5.75 Å². The number of non-ortho nitro benzene ring substituents is 1. The lowest BCUT2D eigenvalue weighted by atomic mass is 10.2. The minimum absolute atomic E-state index is 0.00782. The second kappa shape index (κ2) is 8.09. The summed E-state index contributed by atoms with van der Waals surface area (Å²) in [6.07, 6.45) is 0.554. The van der Waals surface area contributed by atoms with E-state index in [-0.39, 0.29) is 23.9 Å². The summed E-state index contributed by atoms with van der Waals surface area (Å²) in [6, 6.07) is 14.6. The van der Waals surface area contributed by atoms with Gasteiger partial charge in [0.05, 0.1) is 22.7 Å². The van der Waals surface area contributed by atoms with E-state index in [1.54, 1.807) is 11.0 Å². The Morgan fingerprint density at radius 2 is 1.87 bits per heavy atom. The fourth-order valence-electron chi connectivity index (χ4n) is 4.21. The summed E-state index contributed by atoms with van der Waals surface area (Å²) in [4.78, 5) is 27.4. The molecule has 164 valence electrons. The van der Waals surface area contributed by atoms with Crippen LogP contribution in [0.2, 0.25) is 0 Å². The number of carbonyl (C=O) groups is 1. The van der Waals surface area contributed by atoms with Crippen LogP contribution in [0.15, 0.2) is 48.5 Å². The minimum Gasteiger partial charge on any atom is -0.486 e. The van der Waals surface area contributed by atoms with Gasteiger partial charge in [-0.25, -0.2) is 4.79 Å². The Bertz CT molecular complexity index is 973. The molecule has 1 amide bonds. The molecule has 0 spiro atoms. The molecule has 0 N–H and O–H groups in total. The molecule has 2 saturated heterocycles. The molecule has 2 unspecified atom stereocenters. The van der Waals surface area contributed by atoms with Crippen molar-refractivity contribution in [2.45, 2.75) is 51.5 Å². The van der Waals surface area contributed by atoms with Gasteiger partial charge in [0.2, 0.25) is 0 Å². The van der Waals surface area contributed by atoms with Crippen LogP contribution in [0.4, 0.5) is 16.2 Å². The van der Waals surface area contributed by atoms with E-state index >= 15 is 0 Å². The van der Waals surface area contributed by atoms with E-state index in [0.29, 0.717) is 25.4 Å². The third kappa shape index (κ3) is 4.57. The van der Waals surface area contributed by atoms with Gasteiger partial charge in [-0.15, -0.1) is 0 Å². The summed E-state index contributed by atoms with van der Waals surface area (Å²) in [7, 11) is 0. The summed E-state index contributed by atoms with van der Waals surface area (Å²) in [5.74, 6) is 0.481. The van der Waals surface area contributed by atoms with Crippen molar-refractivity contribution >= 4 is 17.5 Å². The number of amides is 1. The van der Waals surface area contributed by atoms with Gasteiger partial charge < -0.3 is 19.3 Å². The largest absolute Gasteiger partial charge is 0.486 e. The number of nitro groups is 1. The van der Waals surface area contributed by atoms with Crippen LogP contribution in [-0.2, 0) is 11.3 Å². The molecular formula is C23H27N3O5. The van der Waals surface area contributed by atoms with Gasteiger partial charge in [0, 0.05) is 25.2 Å². The molecule has 4 rings (SSSR count). The van der Waals surface area contributed by atoms with Crippen molar-refractivity contribution in [3.8, 4) is 5.75 Å². The molecule has 31 heavy (non-hydrogen) atoms. The zero-order chi connectivity index (χ0) is 22.2. The third-order valence-corrected chi connectivity index (χ3v) is 5.57. The SMILES string of the molecule is CC(C)(C)OC(=O)N1CC2CC1CN2c1ccc([N+](=O)[O-])cc1OCc1ccccc1. The van der Waals surface area contributed by atoms with Crippen molar-refractivity contribution < 1.29 is 19.2 Å². The Balaban J connectivity index is 1.52. The molecule has 2 aromatic rings. The Morgan fingerprint density at radius 3 is 2.48 bits per heavy atom. The predicted octanol–water partition coefficient (Wildman–Crippen LogP) is 4.37. The number of carbonyl (C=O) groups excluding carboxylic acids is 1. The standard InChI is InChI=1S/C23H27N3O5/c1-23(2,3)31-22(27)25-14-18-11-19(25)13-24(18)20-10-9-17(26(28)29)12-21(20)30-15-16-7-5-4-6-8-16/h4-10,12,18-19H,11,13-15H2,1-3H3. The first-order valence-corrected chi connectivity index (χ1v) is 10.4. The highest BCUT2D eigenvalue weighted by molar-refractivity contribution is 5.71. The molecule has 8 nitrogen and oxygen atoms in total. The quantitative estimate of drug-likeness (QED) is 0.522. The van der Waals surface area contributed by atoms with Crippen molar-refractivity contribution in [2.24, 2.45) is 0 Å². The Morgan fingerprint density at radius 1 is 1.13 bits per heavy atom. The monoisotopic (exact) mass is 425 g/mol. The molecule has 0 aromatic heterocycles. The molecular weight excluding hydrogens is 398 g/mol. The Labute approximate surface area is 181 Å². The van der Waals surface area contributed by atoms with Gasteiger partial charge in [-0.3, -0.25) is 10.1 Å². The van der Waals surface area contributed by atoms with E-state index in [1.807, 2.05) is 51.1 Å². The van der Waals surface area contributed by atoms with Gasteiger partial charge in [-0.1, -0.05) is 30.3 Å². The number of rotatable bonds is 5. The van der Waals surface area contributed by atoms with Gasteiger partial charge in [0.25, 0.3) is 5.69 Å². The molecule has 2 bridgehead atoms. The molecule has 8 heteroatoms. The molecule has 0 saturated carbocycles. The highest BCUT2D eigenvalue weighted by atomic mass is 16.6. The number of hydrogen-bond acceptors (Lipinski definition) is 6. The summed E-state index contributed by atoms with van der Waals surface area (Å²) in [5, 5.41) is 11.3. The lowest BCUT2D eigenvalue weighted by Gasteiger charge is -2.36. The van der Waals surface area contributed by atoms with Crippen LogP contribution in [-0.4, -0.2) is 46.7 Å². The summed E-state index contributed by atoms with van der Waals surface area (Å²) < 4.78 is 11.6. The maximum atomic E-state index is 12.5. The van der Waals surface area contributed by atoms with Crippen molar-refractivity contribution in [3.63, 3.8) is 0 Å². The van der Waals surface area contributed by atoms with Gasteiger partial charge in [0.15, 0.2) is 0 Å². The lowest BCUT2D eigenvalue weighted by molar-refractivity contribution is -0.384. The van der Waals surface area contributed by atoms with Crippen LogP contribution in [0.3, 0.4) is 0 Å². The summed E-state index contributed by atoms with van der Waals surface area (Å²) in [6.45, 7) is 7.11. The van der Waals surface area contributed by atoms with E-state index in [4.69, 9.17) is 9.47 Å². The first-order valence-electron chi connectivity index (χ1n) is 10.4. The van der Waals surface area contributed by atoms with E-state index in [2.05, 4.69) is 4.90 Å². The number of benzene rings is 2. The minimum atomic E-state index is -0.532. The number of likely N-dealkylation sites (tertiary alicyclic amines) is 1. The predicted molar refractivity (Wildman–Crippen MR) is 116 cm³/mol. The number of fused-ring (bicyclic) bond motifs is 2. The first-order chi connectivity index (χ1) is 14.7. The topological polar surface area (TPSA) is 85.2 Å². The van der Waals surface area contributed by atoms with Crippen LogP contribution in [0.1, 0.15) is 32.8 Å². The number of ether oxygens (including phenoxy) is 2. The fourth-order valence-corrected chi connectivity index (χ4v) is 4.21. The van der Waals surface area contributed by atoms with Gasteiger partial charge in [0.1, 0.15) is 18.0 Å². The lowest BCUT2D eigenvalue weighted by Crippen LogP contribution is -2.50. The molecule has 2 aliphatic rings. The number of hydrogen-bond donors (Lipinski definition) is 0. The average Bonchev–Trinajstić information content (AvgIpc) is 3.32. The van der Waals surface area contributed by atoms with Crippen LogP contribution in [0, 0.1) is 10.1 Å². The second-order valence-electron chi connectivity index (χ2n) is 9.01. The van der Waals surface area contributed by atoms with E-state index < -0.39 is 10.5 Å². The maximum Gasteiger partial charge on any atom is 0.410 e. The highest BCUT2D eigenvalue weighted by Crippen LogP contribution is 2.41. The van der Waals surface area contributed by atoms with Gasteiger partial charge in [-0.2, -0.15) is 0 Å². The maximum absolute atomic E-state index is 12.5. The molecule has 0 radical (unpaired) electrons. The second-order valence-corrected chi connectivity index (χ2v) is 9.01. The number of piperazine rings is 1. The zero-order valence-electron chi connectivity index (χ0n) is 18.0. The van der Waals surface area contributed by atoms with Crippen LogP contribution in [0.25, 0.3) is 0 Å². The van der Waals surface area contributed by atoms with Crippen LogP contribution >= 0.6 is 0 Å². The van der Waals surface area contributed by atoms with Gasteiger partial charge >= 0.3 is 6.09 Å². The Hall–Kier alpha value is -3.29. The van der Waals surface area contributed by atoms with E-state index in [1.165, 1.54) is 12.1 Å².